The first-order valence-electron chi connectivity index (χ1n) is 3.86. The van der Waals surface area contributed by atoms with Gasteiger partial charge in [-0.05, 0) is 30.7 Å². The summed E-state index contributed by atoms with van der Waals surface area (Å²) in [5.74, 6) is 0.887. The lowest BCUT2D eigenvalue weighted by molar-refractivity contribution is 0.414. The van der Waals surface area contributed by atoms with E-state index in [1.165, 1.54) is 5.56 Å². The Bertz CT molecular complexity index is 295. The molecule has 0 N–H and O–H groups in total. The molecule has 64 valence electrons. The Kier molecular flexibility index (Phi) is 1.66. The van der Waals surface area contributed by atoms with Crippen molar-refractivity contribution in [1.29, 1.82) is 0 Å². The van der Waals surface area contributed by atoms with Gasteiger partial charge in [0.05, 0.1) is 12.8 Å². The number of ether oxygens (including phenoxy) is 1. The van der Waals surface area contributed by atoms with Gasteiger partial charge in [0.15, 0.2) is 6.73 Å². The van der Waals surface area contributed by atoms with Crippen molar-refractivity contribution in [1.82, 2.24) is 0 Å². The highest BCUT2D eigenvalue weighted by Gasteiger charge is 2.21. The van der Waals surface area contributed by atoms with Crippen LogP contribution < -0.4 is 9.80 Å². The van der Waals surface area contributed by atoms with Crippen molar-refractivity contribution in [2.24, 2.45) is 0 Å². The fourth-order valence-electron chi connectivity index (χ4n) is 1.20. The van der Waals surface area contributed by atoms with Crippen LogP contribution in [0.25, 0.3) is 0 Å². The Labute approximate surface area is 71.5 Å². The molecule has 1 saturated heterocycles. The molecular weight excluding hydrogens is 154 g/mol. The molecule has 0 radical (unpaired) electrons. The molecule has 2 rings (SSSR count). The first-order valence-corrected chi connectivity index (χ1v) is 3.86. The van der Waals surface area contributed by atoms with Crippen molar-refractivity contribution < 1.29 is 9.57 Å². The lowest BCUT2D eigenvalue weighted by atomic mass is 10.2. The SMILES string of the molecule is COc1ccc(N2CO2)c(C)c1. The van der Waals surface area contributed by atoms with Crippen LogP contribution in [0.5, 0.6) is 5.75 Å². The number of hydroxylamine groups is 1. The summed E-state index contributed by atoms with van der Waals surface area (Å²) in [4.78, 5) is 5.04. The number of nitrogens with zero attached hydrogens (tertiary/aromatic N) is 1. The van der Waals surface area contributed by atoms with Gasteiger partial charge in [0, 0.05) is 0 Å². The van der Waals surface area contributed by atoms with Crippen molar-refractivity contribution in [3.63, 3.8) is 0 Å². The minimum absolute atomic E-state index is 0.702. The summed E-state index contributed by atoms with van der Waals surface area (Å²) < 4.78 is 5.09. The molecule has 0 atom stereocenters. The smallest absolute Gasteiger partial charge is 0.171 e. The molecule has 1 aromatic rings. The number of anilines is 1. The molecule has 0 amide bonds. The van der Waals surface area contributed by atoms with Gasteiger partial charge in [-0.25, -0.2) is 9.90 Å². The molecule has 0 aliphatic carbocycles. The lowest BCUT2D eigenvalue weighted by Gasteiger charge is -2.05. The summed E-state index contributed by atoms with van der Waals surface area (Å²) in [6, 6.07) is 5.93. The molecule has 3 heteroatoms. The van der Waals surface area contributed by atoms with E-state index in [9.17, 15) is 0 Å². The molecule has 0 bridgehead atoms. The molecule has 1 aliphatic rings. The van der Waals surface area contributed by atoms with Crippen molar-refractivity contribution in [3.05, 3.63) is 23.8 Å². The summed E-state index contributed by atoms with van der Waals surface area (Å²) >= 11 is 0. The fraction of sp³-hybridized carbons (Fsp3) is 0.333. The van der Waals surface area contributed by atoms with Gasteiger partial charge in [0.25, 0.3) is 0 Å². The zero-order valence-corrected chi connectivity index (χ0v) is 7.20. The zero-order valence-electron chi connectivity index (χ0n) is 7.20. The average molecular weight is 165 g/mol. The topological polar surface area (TPSA) is 24.8 Å². The van der Waals surface area contributed by atoms with Gasteiger partial charge >= 0.3 is 0 Å². The van der Waals surface area contributed by atoms with Crippen LogP contribution in [-0.4, -0.2) is 13.8 Å². The maximum Gasteiger partial charge on any atom is 0.171 e. The van der Waals surface area contributed by atoms with Crippen LogP contribution in [-0.2, 0) is 4.84 Å². The van der Waals surface area contributed by atoms with Crippen LogP contribution in [0, 0.1) is 6.92 Å². The van der Waals surface area contributed by atoms with Crippen LogP contribution in [0.3, 0.4) is 0 Å². The van der Waals surface area contributed by atoms with E-state index < -0.39 is 0 Å². The van der Waals surface area contributed by atoms with E-state index in [1.807, 2.05) is 30.2 Å². The summed E-state index contributed by atoms with van der Waals surface area (Å²) in [6.45, 7) is 2.74. The van der Waals surface area contributed by atoms with E-state index in [2.05, 4.69) is 0 Å². The Balaban J connectivity index is 2.32. The van der Waals surface area contributed by atoms with E-state index in [0.29, 0.717) is 6.73 Å². The van der Waals surface area contributed by atoms with Gasteiger partial charge < -0.3 is 4.74 Å². The van der Waals surface area contributed by atoms with Crippen molar-refractivity contribution >= 4 is 5.69 Å². The third kappa shape index (κ3) is 1.23. The minimum atomic E-state index is 0.702. The monoisotopic (exact) mass is 165 g/mol. The lowest BCUT2D eigenvalue weighted by Crippen LogP contribution is -1.93. The minimum Gasteiger partial charge on any atom is -0.497 e. The highest BCUT2D eigenvalue weighted by atomic mass is 16.8. The van der Waals surface area contributed by atoms with Gasteiger partial charge in [-0.3, -0.25) is 0 Å². The van der Waals surface area contributed by atoms with Crippen molar-refractivity contribution in [3.8, 4) is 5.75 Å². The Morgan fingerprint density at radius 3 is 2.75 bits per heavy atom. The Morgan fingerprint density at radius 1 is 1.50 bits per heavy atom. The molecule has 3 nitrogen and oxygen atoms in total. The number of rotatable bonds is 2. The normalized spacial score (nSPS) is 14.7. The fourth-order valence-corrected chi connectivity index (χ4v) is 1.20. The predicted molar refractivity (Wildman–Crippen MR) is 46.2 cm³/mol. The number of benzene rings is 1. The quantitative estimate of drug-likeness (QED) is 0.623. The molecule has 1 aromatic carbocycles. The molecule has 12 heavy (non-hydrogen) atoms. The average Bonchev–Trinajstić information content (AvgIpc) is 2.87. The van der Waals surface area contributed by atoms with E-state index in [-0.39, 0.29) is 0 Å². The largest absolute Gasteiger partial charge is 0.497 e. The van der Waals surface area contributed by atoms with Gasteiger partial charge in [0.1, 0.15) is 5.75 Å². The van der Waals surface area contributed by atoms with Crippen molar-refractivity contribution in [2.45, 2.75) is 6.92 Å². The second-order valence-corrected chi connectivity index (χ2v) is 2.79. The molecular formula is C9H11NO2. The molecule has 0 saturated carbocycles. The first kappa shape index (κ1) is 7.43. The molecule has 0 spiro atoms. The zero-order chi connectivity index (χ0) is 8.55. The van der Waals surface area contributed by atoms with E-state index in [4.69, 9.17) is 9.57 Å². The third-order valence-corrected chi connectivity index (χ3v) is 1.93. The Hall–Kier alpha value is -1.22. The van der Waals surface area contributed by atoms with E-state index >= 15 is 0 Å². The molecule has 1 aliphatic heterocycles. The van der Waals surface area contributed by atoms with Crippen LogP contribution in [0.4, 0.5) is 5.69 Å². The maximum atomic E-state index is 5.09. The van der Waals surface area contributed by atoms with Gasteiger partial charge in [-0.2, -0.15) is 0 Å². The number of methoxy groups -OCH3 is 1. The van der Waals surface area contributed by atoms with E-state index in [0.717, 1.165) is 11.4 Å². The summed E-state index contributed by atoms with van der Waals surface area (Å²) in [5.41, 5.74) is 2.29. The molecule has 0 unspecified atom stereocenters. The van der Waals surface area contributed by atoms with Gasteiger partial charge in [-0.1, -0.05) is 0 Å². The Morgan fingerprint density at radius 2 is 2.25 bits per heavy atom. The van der Waals surface area contributed by atoms with Crippen molar-refractivity contribution in [2.75, 3.05) is 18.9 Å². The van der Waals surface area contributed by atoms with Gasteiger partial charge in [0.2, 0.25) is 0 Å². The summed E-state index contributed by atoms with van der Waals surface area (Å²) in [5, 5.41) is 1.84. The number of hydrogen-bond acceptors (Lipinski definition) is 3. The number of hydrogen-bond donors (Lipinski definition) is 0. The first-order chi connectivity index (χ1) is 5.81. The van der Waals surface area contributed by atoms with Crippen LogP contribution in [0.2, 0.25) is 0 Å². The number of aryl methyl sites for hydroxylation is 1. The summed E-state index contributed by atoms with van der Waals surface area (Å²) in [6.07, 6.45) is 0. The molecule has 1 fully saturated rings. The standard InChI is InChI=1S/C9H11NO2/c1-7-5-8(11-2)3-4-9(7)10-6-12-10/h3-5H,6H2,1-2H3. The second kappa shape index (κ2) is 2.68. The predicted octanol–water partition coefficient (Wildman–Crippen LogP) is 1.71. The third-order valence-electron chi connectivity index (χ3n) is 1.93. The van der Waals surface area contributed by atoms with Crippen LogP contribution in [0.15, 0.2) is 18.2 Å². The molecule has 0 aromatic heterocycles. The molecule has 1 heterocycles. The van der Waals surface area contributed by atoms with Crippen LogP contribution in [0.1, 0.15) is 5.56 Å². The highest BCUT2D eigenvalue weighted by Crippen LogP contribution is 2.29. The van der Waals surface area contributed by atoms with Gasteiger partial charge in [-0.15, -0.1) is 0 Å². The second-order valence-electron chi connectivity index (χ2n) is 2.79. The van der Waals surface area contributed by atoms with Crippen LogP contribution >= 0.6 is 0 Å². The maximum absolute atomic E-state index is 5.09. The van der Waals surface area contributed by atoms with E-state index in [1.54, 1.807) is 7.11 Å². The summed E-state index contributed by atoms with van der Waals surface area (Å²) in [7, 11) is 1.67. The highest BCUT2D eigenvalue weighted by molar-refractivity contribution is 5.55.